The molecule has 0 spiro atoms. The Morgan fingerprint density at radius 2 is 1.40 bits per heavy atom. The third-order valence-electron chi connectivity index (χ3n) is 2.77. The maximum absolute atomic E-state index is 13.9. The minimum atomic E-state index is -3.64. The smallest absolute Gasteiger partial charge is 0.321 e. The first-order valence-corrected chi connectivity index (χ1v) is 10.2. The van der Waals surface area contributed by atoms with E-state index in [1.807, 2.05) is 9.44 Å². The Morgan fingerprint density at radius 3 is 1.88 bits per heavy atom. The van der Waals surface area contributed by atoms with Crippen LogP contribution in [0.1, 0.15) is 0 Å². The molecule has 0 bridgehead atoms. The van der Waals surface area contributed by atoms with Gasteiger partial charge in [0.2, 0.25) is 20.0 Å². The second-order valence-corrected chi connectivity index (χ2v) is 8.54. The number of hydrogen-bond acceptors (Lipinski definition) is 4. The molecule has 6 nitrogen and oxygen atoms in total. The number of hydrogen-bond donors (Lipinski definition) is 2. The minimum Gasteiger partial charge on any atom is -0.321 e. The maximum atomic E-state index is 13.9. The van der Waals surface area contributed by atoms with Crippen LogP contribution in [0.25, 0.3) is 11.1 Å². The Morgan fingerprint density at radius 1 is 0.880 bits per heavy atom. The van der Waals surface area contributed by atoms with Crippen molar-refractivity contribution < 1.29 is 44.5 Å². The third kappa shape index (κ3) is 6.32. The Kier molecular flexibility index (Phi) is 6.64. The summed E-state index contributed by atoms with van der Waals surface area (Å²) in [7, 11) is -7.27. The van der Waals surface area contributed by atoms with Gasteiger partial charge >= 0.3 is 18.9 Å². The van der Waals surface area contributed by atoms with E-state index in [-0.39, 0.29) is 41.4 Å². The summed E-state index contributed by atoms with van der Waals surface area (Å²) in [6, 6.07) is 8.44. The Bertz CT molecular complexity index is 914. The molecule has 0 aromatic heterocycles. The standard InChI is InChI=1S/C14H13F2N2O4S2.Li/c1-23(19,20)17-13-5-3-9(7-11(13)15)10-4-6-14(12(16)8-10)18-24(2,21)22;/h3-7,17-18H,1-2H3;/q-1;+1. The Hall–Kier alpha value is -1.60. The third-order valence-corrected chi connectivity index (χ3v) is 3.95. The van der Waals surface area contributed by atoms with Crippen LogP contribution in [0, 0.1) is 17.7 Å². The summed E-state index contributed by atoms with van der Waals surface area (Å²) in [6.45, 7) is 0. The molecule has 0 saturated heterocycles. The molecule has 0 aliphatic heterocycles. The maximum Gasteiger partial charge on any atom is 1.00 e. The number of sulfonamides is 2. The second-order valence-electron chi connectivity index (χ2n) is 5.04. The molecule has 2 N–H and O–H groups in total. The SMILES string of the molecule is CS(=O)(=O)Nc1ccc(-c2ccc(NS(C)(=O)=O)c(F)c2)[c-]c1F.[Li+]. The van der Waals surface area contributed by atoms with E-state index in [0.29, 0.717) is 0 Å². The van der Waals surface area contributed by atoms with Gasteiger partial charge in [0.1, 0.15) is 5.82 Å². The van der Waals surface area contributed by atoms with E-state index in [2.05, 4.69) is 6.07 Å². The van der Waals surface area contributed by atoms with Gasteiger partial charge < -0.3 is 4.72 Å². The first-order chi connectivity index (χ1) is 10.9. The summed E-state index contributed by atoms with van der Waals surface area (Å²) in [5.74, 6) is -1.79. The normalized spacial score (nSPS) is 11.5. The van der Waals surface area contributed by atoms with Crippen molar-refractivity contribution in [2.45, 2.75) is 0 Å². The number of benzene rings is 2. The Balaban J connectivity index is 0.00000312. The van der Waals surface area contributed by atoms with Crippen molar-refractivity contribution in [3.05, 3.63) is 48.0 Å². The second kappa shape index (κ2) is 7.74. The van der Waals surface area contributed by atoms with E-state index in [0.717, 1.165) is 18.6 Å². The van der Waals surface area contributed by atoms with E-state index in [1.165, 1.54) is 24.3 Å². The number of rotatable bonds is 5. The zero-order chi connectivity index (χ0) is 18.1. The van der Waals surface area contributed by atoms with Crippen molar-refractivity contribution in [3.8, 4) is 11.1 Å². The molecule has 0 aliphatic rings. The van der Waals surface area contributed by atoms with Crippen molar-refractivity contribution in [1.82, 2.24) is 0 Å². The molecule has 0 atom stereocenters. The molecule has 2 aromatic carbocycles. The van der Waals surface area contributed by atoms with Crippen LogP contribution >= 0.6 is 0 Å². The first-order valence-electron chi connectivity index (χ1n) is 6.42. The van der Waals surface area contributed by atoms with Gasteiger partial charge in [-0.2, -0.15) is 0 Å². The van der Waals surface area contributed by atoms with Crippen molar-refractivity contribution in [2.75, 3.05) is 22.0 Å². The van der Waals surface area contributed by atoms with E-state index in [1.54, 1.807) is 0 Å². The van der Waals surface area contributed by atoms with Gasteiger partial charge in [-0.15, -0.1) is 23.8 Å². The summed E-state index contributed by atoms with van der Waals surface area (Å²) >= 11 is 0. The van der Waals surface area contributed by atoms with Gasteiger partial charge in [0.25, 0.3) is 0 Å². The first kappa shape index (κ1) is 21.4. The molecular formula is C14H13F2LiN2O4S2. The monoisotopic (exact) mass is 382 g/mol. The van der Waals surface area contributed by atoms with Gasteiger partial charge in [-0.1, -0.05) is 17.7 Å². The fourth-order valence-corrected chi connectivity index (χ4v) is 3.00. The van der Waals surface area contributed by atoms with E-state index in [9.17, 15) is 25.6 Å². The number of nitrogens with one attached hydrogen (secondary N) is 2. The molecule has 0 fully saturated rings. The minimum absolute atomic E-state index is 0. The van der Waals surface area contributed by atoms with E-state index >= 15 is 0 Å². The number of halogens is 2. The summed E-state index contributed by atoms with van der Waals surface area (Å²) in [5, 5.41) is 0. The topological polar surface area (TPSA) is 92.3 Å². The average molecular weight is 382 g/mol. The van der Waals surface area contributed by atoms with Crippen molar-refractivity contribution in [1.29, 1.82) is 0 Å². The summed E-state index contributed by atoms with van der Waals surface area (Å²) in [5.41, 5.74) is -0.0955. The summed E-state index contributed by atoms with van der Waals surface area (Å²) in [6.07, 6.45) is 1.76. The quantitative estimate of drug-likeness (QED) is 0.522. The molecule has 0 radical (unpaired) electrons. The molecule has 2 rings (SSSR count). The van der Waals surface area contributed by atoms with Gasteiger partial charge in [0, 0.05) is 5.69 Å². The van der Waals surface area contributed by atoms with Gasteiger partial charge in [0.15, 0.2) is 0 Å². The van der Waals surface area contributed by atoms with Gasteiger partial charge in [-0.05, 0) is 6.07 Å². The van der Waals surface area contributed by atoms with Crippen LogP contribution in [0.3, 0.4) is 0 Å². The summed E-state index contributed by atoms with van der Waals surface area (Å²) < 4.78 is 76.3. The molecule has 25 heavy (non-hydrogen) atoms. The van der Waals surface area contributed by atoms with Crippen LogP contribution in [-0.4, -0.2) is 29.3 Å². The van der Waals surface area contributed by atoms with Gasteiger partial charge in [-0.3, -0.25) is 4.72 Å². The van der Waals surface area contributed by atoms with Gasteiger partial charge in [-0.25, -0.2) is 25.6 Å². The molecule has 0 saturated carbocycles. The number of anilines is 2. The van der Waals surface area contributed by atoms with Crippen molar-refractivity contribution in [3.63, 3.8) is 0 Å². The zero-order valence-electron chi connectivity index (χ0n) is 13.6. The van der Waals surface area contributed by atoms with Crippen LogP contribution in [0.4, 0.5) is 20.2 Å². The van der Waals surface area contributed by atoms with Crippen molar-refractivity contribution in [2.24, 2.45) is 0 Å². The molecule has 0 aliphatic carbocycles. The largest absolute Gasteiger partial charge is 1.00 e. The van der Waals surface area contributed by atoms with Crippen LogP contribution in [0.2, 0.25) is 0 Å². The zero-order valence-corrected chi connectivity index (χ0v) is 15.2. The molecule has 130 valence electrons. The van der Waals surface area contributed by atoms with Crippen LogP contribution < -0.4 is 28.3 Å². The molecule has 0 unspecified atom stereocenters. The fraction of sp³-hybridized carbons (Fsp3) is 0.143. The Labute approximate surface area is 156 Å². The van der Waals surface area contributed by atoms with Gasteiger partial charge in [0.05, 0.1) is 24.0 Å². The predicted molar refractivity (Wildman–Crippen MR) is 87.6 cm³/mol. The van der Waals surface area contributed by atoms with E-state index in [4.69, 9.17) is 0 Å². The van der Waals surface area contributed by atoms with Crippen LogP contribution in [0.5, 0.6) is 0 Å². The average Bonchev–Trinajstić information content (AvgIpc) is 2.40. The molecule has 0 amide bonds. The van der Waals surface area contributed by atoms with Crippen molar-refractivity contribution >= 4 is 31.4 Å². The molecule has 11 heteroatoms. The molecule has 2 aromatic rings. The molecular weight excluding hydrogens is 369 g/mol. The predicted octanol–water partition coefficient (Wildman–Crippen LogP) is -0.821. The summed E-state index contributed by atoms with van der Waals surface area (Å²) in [4.78, 5) is 0. The van der Waals surface area contributed by atoms with E-state index < -0.39 is 31.7 Å². The van der Waals surface area contributed by atoms with Crippen LogP contribution in [-0.2, 0) is 20.0 Å². The van der Waals surface area contributed by atoms with Crippen LogP contribution in [0.15, 0.2) is 30.3 Å². The fourth-order valence-electron chi connectivity index (χ4n) is 1.88. The molecule has 0 heterocycles.